The molecule has 0 radical (unpaired) electrons. The first kappa shape index (κ1) is 15.8. The van der Waals surface area contributed by atoms with Gasteiger partial charge in [0.2, 0.25) is 0 Å². The van der Waals surface area contributed by atoms with Gasteiger partial charge in [0, 0.05) is 23.3 Å². The summed E-state index contributed by atoms with van der Waals surface area (Å²) < 4.78 is 36.8. The van der Waals surface area contributed by atoms with Crippen molar-refractivity contribution in [2.24, 2.45) is 0 Å². The molecular formula is C18H16F2N2O3. The van der Waals surface area contributed by atoms with Crippen LogP contribution in [0.3, 0.4) is 0 Å². The molecule has 25 heavy (non-hydrogen) atoms. The lowest BCUT2D eigenvalue weighted by atomic mass is 10.0. The Morgan fingerprint density at radius 2 is 2.12 bits per heavy atom. The van der Waals surface area contributed by atoms with Gasteiger partial charge in [0.25, 0.3) is 0 Å². The maximum atomic E-state index is 12.7. The highest BCUT2D eigenvalue weighted by molar-refractivity contribution is 5.87. The van der Waals surface area contributed by atoms with Crippen LogP contribution in [0.4, 0.5) is 8.78 Å². The van der Waals surface area contributed by atoms with Crippen molar-refractivity contribution in [2.45, 2.75) is 38.8 Å². The Morgan fingerprint density at radius 3 is 2.92 bits per heavy atom. The van der Waals surface area contributed by atoms with Crippen molar-refractivity contribution >= 4 is 16.9 Å². The lowest BCUT2D eigenvalue weighted by Crippen LogP contribution is -2.11. The van der Waals surface area contributed by atoms with Gasteiger partial charge in [-0.15, -0.1) is 0 Å². The van der Waals surface area contributed by atoms with Gasteiger partial charge in [-0.05, 0) is 42.5 Å². The normalized spacial score (nSPS) is 13.6. The summed E-state index contributed by atoms with van der Waals surface area (Å²) in [5, 5.41) is 0.909. The molecule has 130 valence electrons. The molecule has 5 nitrogen and oxygen atoms in total. The molecule has 0 fully saturated rings. The van der Waals surface area contributed by atoms with E-state index in [0.717, 1.165) is 42.0 Å². The molecule has 1 aliphatic carbocycles. The van der Waals surface area contributed by atoms with Crippen molar-refractivity contribution in [3.05, 3.63) is 53.3 Å². The largest absolute Gasteiger partial charge is 0.464 e. The fraction of sp³-hybridized carbons (Fsp3) is 0.333. The molecule has 0 unspecified atom stereocenters. The Hall–Kier alpha value is -2.70. The Labute approximate surface area is 142 Å². The van der Waals surface area contributed by atoms with Crippen LogP contribution in [-0.2, 0) is 35.4 Å². The molecule has 3 aromatic rings. The zero-order valence-corrected chi connectivity index (χ0v) is 13.4. The molecule has 2 heterocycles. The Morgan fingerprint density at radius 1 is 1.32 bits per heavy atom. The SMILES string of the molecule is O=C(Cc1coc2cc3c(cc12)CCC3)OCc1nccn1C(F)F. The summed E-state index contributed by atoms with van der Waals surface area (Å²) in [4.78, 5) is 15.9. The molecule has 4 rings (SSSR count). The van der Waals surface area contributed by atoms with E-state index in [1.54, 1.807) is 6.26 Å². The first-order valence-corrected chi connectivity index (χ1v) is 8.09. The number of carbonyl (C=O) groups excluding carboxylic acids is 1. The number of halogens is 2. The monoisotopic (exact) mass is 346 g/mol. The second kappa shape index (κ2) is 6.31. The summed E-state index contributed by atoms with van der Waals surface area (Å²) in [5.41, 5.74) is 4.10. The number of hydrogen-bond acceptors (Lipinski definition) is 4. The lowest BCUT2D eigenvalue weighted by Gasteiger charge is -2.07. The zero-order valence-electron chi connectivity index (χ0n) is 13.4. The number of carbonyl (C=O) groups is 1. The van der Waals surface area contributed by atoms with Crippen molar-refractivity contribution in [1.82, 2.24) is 9.55 Å². The van der Waals surface area contributed by atoms with E-state index in [2.05, 4.69) is 11.1 Å². The van der Waals surface area contributed by atoms with Crippen molar-refractivity contribution < 1.29 is 22.7 Å². The summed E-state index contributed by atoms with van der Waals surface area (Å²) in [7, 11) is 0. The zero-order chi connectivity index (χ0) is 17.4. The number of hydrogen-bond donors (Lipinski definition) is 0. The summed E-state index contributed by atoms with van der Waals surface area (Å²) in [6.07, 6.45) is 7.21. The van der Waals surface area contributed by atoms with E-state index in [9.17, 15) is 13.6 Å². The van der Waals surface area contributed by atoms with Crippen LogP contribution >= 0.6 is 0 Å². The molecule has 0 N–H and O–H groups in total. The molecule has 0 atom stereocenters. The van der Waals surface area contributed by atoms with E-state index in [1.807, 2.05) is 6.07 Å². The van der Waals surface area contributed by atoms with Gasteiger partial charge in [-0.1, -0.05) is 0 Å². The van der Waals surface area contributed by atoms with Gasteiger partial charge in [0.05, 0.1) is 12.7 Å². The average molecular weight is 346 g/mol. The highest BCUT2D eigenvalue weighted by Crippen LogP contribution is 2.30. The molecule has 0 spiro atoms. The molecule has 7 heteroatoms. The molecule has 2 aromatic heterocycles. The number of imidazole rings is 1. The van der Waals surface area contributed by atoms with E-state index in [0.29, 0.717) is 4.57 Å². The number of aromatic nitrogens is 2. The van der Waals surface area contributed by atoms with E-state index in [4.69, 9.17) is 9.15 Å². The third kappa shape index (κ3) is 3.01. The highest BCUT2D eigenvalue weighted by atomic mass is 19.3. The van der Waals surface area contributed by atoms with Crippen LogP contribution < -0.4 is 0 Å². The van der Waals surface area contributed by atoms with Crippen LogP contribution in [0.25, 0.3) is 11.0 Å². The third-order valence-corrected chi connectivity index (χ3v) is 4.52. The summed E-state index contributed by atoms with van der Waals surface area (Å²) in [5.74, 6) is -0.495. The number of rotatable bonds is 5. The van der Waals surface area contributed by atoms with Gasteiger partial charge >= 0.3 is 12.5 Å². The molecule has 0 bridgehead atoms. The number of nitrogens with zero attached hydrogens (tertiary/aromatic N) is 2. The Balaban J connectivity index is 1.46. The molecule has 0 aliphatic heterocycles. The predicted octanol–water partition coefficient (Wildman–Crippen LogP) is 3.80. The van der Waals surface area contributed by atoms with Crippen LogP contribution in [0.2, 0.25) is 0 Å². The maximum absolute atomic E-state index is 12.7. The van der Waals surface area contributed by atoms with Gasteiger partial charge in [-0.2, -0.15) is 8.78 Å². The van der Waals surface area contributed by atoms with Crippen LogP contribution in [0, 0.1) is 0 Å². The molecule has 0 saturated carbocycles. The lowest BCUT2D eigenvalue weighted by molar-refractivity contribution is -0.144. The first-order chi connectivity index (χ1) is 12.1. The fourth-order valence-electron chi connectivity index (χ4n) is 3.27. The van der Waals surface area contributed by atoms with Crippen molar-refractivity contribution in [1.29, 1.82) is 0 Å². The summed E-state index contributed by atoms with van der Waals surface area (Å²) in [6.45, 7) is -3.00. The number of fused-ring (bicyclic) bond motifs is 2. The third-order valence-electron chi connectivity index (χ3n) is 4.52. The molecular weight excluding hydrogens is 330 g/mol. The number of benzene rings is 1. The Kier molecular flexibility index (Phi) is 3.99. The van der Waals surface area contributed by atoms with Crippen LogP contribution in [-0.4, -0.2) is 15.5 Å². The van der Waals surface area contributed by atoms with E-state index in [1.165, 1.54) is 17.3 Å². The van der Waals surface area contributed by atoms with E-state index >= 15 is 0 Å². The number of aryl methyl sites for hydroxylation is 2. The minimum absolute atomic E-state index is 0.0122. The van der Waals surface area contributed by atoms with Gasteiger partial charge < -0.3 is 9.15 Å². The smallest absolute Gasteiger partial charge is 0.320 e. The van der Waals surface area contributed by atoms with Gasteiger partial charge in [-0.25, -0.2) is 4.98 Å². The average Bonchev–Trinajstić information content (AvgIpc) is 3.30. The van der Waals surface area contributed by atoms with E-state index < -0.39 is 12.5 Å². The van der Waals surface area contributed by atoms with Crippen LogP contribution in [0.5, 0.6) is 0 Å². The maximum Gasteiger partial charge on any atom is 0.320 e. The van der Waals surface area contributed by atoms with Crippen molar-refractivity contribution in [3.63, 3.8) is 0 Å². The first-order valence-electron chi connectivity index (χ1n) is 8.09. The van der Waals surface area contributed by atoms with Crippen LogP contribution in [0.1, 0.15) is 35.5 Å². The molecule has 1 aromatic carbocycles. The van der Waals surface area contributed by atoms with Crippen molar-refractivity contribution in [2.75, 3.05) is 0 Å². The fourth-order valence-corrected chi connectivity index (χ4v) is 3.27. The van der Waals surface area contributed by atoms with Gasteiger partial charge in [-0.3, -0.25) is 9.36 Å². The highest BCUT2D eigenvalue weighted by Gasteiger charge is 2.18. The number of furan rings is 1. The minimum atomic E-state index is -2.71. The number of esters is 1. The topological polar surface area (TPSA) is 57.3 Å². The molecule has 1 aliphatic rings. The van der Waals surface area contributed by atoms with Gasteiger partial charge in [0.15, 0.2) is 5.82 Å². The summed E-state index contributed by atoms with van der Waals surface area (Å²) >= 11 is 0. The molecule has 0 saturated heterocycles. The summed E-state index contributed by atoms with van der Waals surface area (Å²) in [6, 6.07) is 4.11. The predicted molar refractivity (Wildman–Crippen MR) is 85.2 cm³/mol. The van der Waals surface area contributed by atoms with Gasteiger partial charge in [0.1, 0.15) is 12.2 Å². The standard InChI is InChI=1S/C18H16F2N2O3/c19-18(20)22-5-4-21-16(22)10-25-17(23)8-13-9-24-15-7-12-3-1-2-11(12)6-14(13)15/h4-7,9,18H,1-3,8,10H2. The van der Waals surface area contributed by atoms with E-state index in [-0.39, 0.29) is 18.9 Å². The second-order valence-corrected chi connectivity index (χ2v) is 6.10. The molecule has 0 amide bonds. The quantitative estimate of drug-likeness (QED) is 0.660. The number of ether oxygens (including phenoxy) is 1. The van der Waals surface area contributed by atoms with Crippen LogP contribution in [0.15, 0.2) is 35.2 Å². The minimum Gasteiger partial charge on any atom is -0.464 e. The Bertz CT molecular complexity index is 930. The number of alkyl halides is 2. The van der Waals surface area contributed by atoms with Crippen molar-refractivity contribution in [3.8, 4) is 0 Å². The second-order valence-electron chi connectivity index (χ2n) is 6.10.